The summed E-state index contributed by atoms with van der Waals surface area (Å²) in [6.07, 6.45) is 0.696. The third-order valence-electron chi connectivity index (χ3n) is 7.10. The van der Waals surface area contributed by atoms with Crippen LogP contribution in [0.4, 0.5) is 0 Å². The minimum absolute atomic E-state index is 0.0373. The van der Waals surface area contributed by atoms with Gasteiger partial charge in [-0.2, -0.15) is 0 Å². The number of aliphatic hydroxyl groups excluding tert-OH is 1. The lowest BCUT2D eigenvalue weighted by molar-refractivity contribution is -0.142. The van der Waals surface area contributed by atoms with Crippen LogP contribution in [0.1, 0.15) is 42.9 Å². The van der Waals surface area contributed by atoms with Crippen molar-refractivity contribution in [2.75, 3.05) is 27.2 Å². The molecule has 2 unspecified atom stereocenters. The fraction of sp³-hybridized carbons (Fsp3) is 0.423. The van der Waals surface area contributed by atoms with Gasteiger partial charge in [0, 0.05) is 33.0 Å². The predicted molar refractivity (Wildman–Crippen MR) is 122 cm³/mol. The van der Waals surface area contributed by atoms with Gasteiger partial charge in [-0.15, -0.1) is 0 Å². The van der Waals surface area contributed by atoms with Crippen molar-refractivity contribution in [2.45, 2.75) is 37.2 Å². The molecule has 7 nitrogen and oxygen atoms in total. The van der Waals surface area contributed by atoms with E-state index in [-0.39, 0.29) is 36.5 Å². The van der Waals surface area contributed by atoms with Gasteiger partial charge in [-0.3, -0.25) is 19.3 Å². The Bertz CT molecular complexity index is 1030. The van der Waals surface area contributed by atoms with E-state index in [2.05, 4.69) is 0 Å². The molecule has 3 amide bonds. The summed E-state index contributed by atoms with van der Waals surface area (Å²) in [5, 5.41) is 10.7. The van der Waals surface area contributed by atoms with Gasteiger partial charge < -0.3 is 14.7 Å². The second-order valence-electron chi connectivity index (χ2n) is 9.00. The number of rotatable bonds is 6. The number of piperidine rings is 1. The Morgan fingerprint density at radius 2 is 1.82 bits per heavy atom. The molecule has 2 aliphatic heterocycles. The molecule has 4 rings (SSSR count). The molecule has 1 N–H and O–H groups in total. The van der Waals surface area contributed by atoms with Crippen LogP contribution >= 0.6 is 0 Å². The molecule has 174 valence electrons. The summed E-state index contributed by atoms with van der Waals surface area (Å²) in [5.74, 6) is -0.153. The SMILES string of the molecule is COc1cccc(C2(CC(=O)N3CCC(C(O)c4ccccc4)CC3)CC(=O)N(C)C2=O)c1. The first-order valence-corrected chi connectivity index (χ1v) is 11.3. The normalized spacial score (nSPS) is 22.5. The second-order valence-corrected chi connectivity index (χ2v) is 9.00. The quantitative estimate of drug-likeness (QED) is 0.684. The summed E-state index contributed by atoms with van der Waals surface area (Å²) in [6.45, 7) is 1.03. The number of carbonyl (C=O) groups is 3. The van der Waals surface area contributed by atoms with Crippen LogP contribution in [0.15, 0.2) is 54.6 Å². The van der Waals surface area contributed by atoms with Crippen LogP contribution in [0.3, 0.4) is 0 Å². The fourth-order valence-electron chi connectivity index (χ4n) is 5.03. The zero-order chi connectivity index (χ0) is 23.6. The van der Waals surface area contributed by atoms with Crippen molar-refractivity contribution in [2.24, 2.45) is 5.92 Å². The van der Waals surface area contributed by atoms with Gasteiger partial charge in [-0.05, 0) is 42.0 Å². The Morgan fingerprint density at radius 1 is 1.12 bits per heavy atom. The number of likely N-dealkylation sites (tertiary alicyclic amines) is 2. The van der Waals surface area contributed by atoms with Crippen LogP contribution in [-0.4, -0.2) is 59.9 Å². The van der Waals surface area contributed by atoms with Crippen LogP contribution in [0, 0.1) is 5.92 Å². The molecule has 2 aromatic carbocycles. The molecule has 2 saturated heterocycles. The van der Waals surface area contributed by atoms with E-state index in [0.717, 1.165) is 10.5 Å². The molecule has 0 radical (unpaired) electrons. The zero-order valence-electron chi connectivity index (χ0n) is 19.1. The Hall–Kier alpha value is -3.19. The van der Waals surface area contributed by atoms with Crippen molar-refractivity contribution in [3.8, 4) is 5.75 Å². The predicted octanol–water partition coefficient (Wildman–Crippen LogP) is 2.68. The number of likely N-dealkylation sites (N-methyl/N-ethyl adjacent to an activating group) is 1. The first kappa shape index (κ1) is 23.0. The van der Waals surface area contributed by atoms with Gasteiger partial charge in [0.05, 0.1) is 18.6 Å². The highest BCUT2D eigenvalue weighted by molar-refractivity contribution is 6.10. The Labute approximate surface area is 193 Å². The molecule has 0 spiro atoms. The average Bonchev–Trinajstić information content (AvgIpc) is 3.08. The molecule has 2 aliphatic rings. The summed E-state index contributed by atoms with van der Waals surface area (Å²) >= 11 is 0. The third kappa shape index (κ3) is 4.37. The number of amides is 3. The van der Waals surface area contributed by atoms with Crippen LogP contribution in [0.5, 0.6) is 5.75 Å². The van der Waals surface area contributed by atoms with Gasteiger partial charge in [0.2, 0.25) is 17.7 Å². The molecule has 2 heterocycles. The smallest absolute Gasteiger partial charge is 0.240 e. The van der Waals surface area contributed by atoms with Crippen LogP contribution in [-0.2, 0) is 19.8 Å². The molecule has 2 fully saturated rings. The van der Waals surface area contributed by atoms with Gasteiger partial charge in [-0.1, -0.05) is 42.5 Å². The van der Waals surface area contributed by atoms with E-state index >= 15 is 0 Å². The van der Waals surface area contributed by atoms with Crippen molar-refractivity contribution in [3.63, 3.8) is 0 Å². The Kier molecular flexibility index (Phi) is 6.51. The van der Waals surface area contributed by atoms with Gasteiger partial charge in [0.25, 0.3) is 0 Å². The average molecular weight is 451 g/mol. The number of hydrogen-bond donors (Lipinski definition) is 1. The number of methoxy groups -OCH3 is 1. The zero-order valence-corrected chi connectivity index (χ0v) is 19.1. The van der Waals surface area contributed by atoms with Crippen molar-refractivity contribution in [1.82, 2.24) is 9.80 Å². The summed E-state index contributed by atoms with van der Waals surface area (Å²) in [6, 6.07) is 16.6. The number of imide groups is 1. The number of carbonyl (C=O) groups excluding carboxylic acids is 3. The molecular formula is C26H30N2O5. The van der Waals surface area contributed by atoms with Gasteiger partial charge >= 0.3 is 0 Å². The maximum atomic E-state index is 13.3. The number of hydrogen-bond acceptors (Lipinski definition) is 5. The number of aliphatic hydroxyl groups is 1. The first-order chi connectivity index (χ1) is 15.9. The van der Waals surface area contributed by atoms with Crippen molar-refractivity contribution >= 4 is 17.7 Å². The maximum absolute atomic E-state index is 13.3. The Morgan fingerprint density at radius 3 is 2.42 bits per heavy atom. The lowest BCUT2D eigenvalue weighted by Crippen LogP contribution is -2.45. The highest BCUT2D eigenvalue weighted by Gasteiger charge is 2.53. The highest BCUT2D eigenvalue weighted by Crippen LogP contribution is 2.41. The largest absolute Gasteiger partial charge is 0.497 e. The first-order valence-electron chi connectivity index (χ1n) is 11.3. The van der Waals surface area contributed by atoms with Crippen LogP contribution in [0.2, 0.25) is 0 Å². The third-order valence-corrected chi connectivity index (χ3v) is 7.10. The Balaban J connectivity index is 1.49. The van der Waals surface area contributed by atoms with Gasteiger partial charge in [0.15, 0.2) is 0 Å². The molecule has 0 aliphatic carbocycles. The number of benzene rings is 2. The lowest BCUT2D eigenvalue weighted by atomic mass is 9.75. The molecule has 2 aromatic rings. The lowest BCUT2D eigenvalue weighted by Gasteiger charge is -2.36. The minimum Gasteiger partial charge on any atom is -0.497 e. The second kappa shape index (κ2) is 9.35. The van der Waals surface area contributed by atoms with Crippen LogP contribution in [0.25, 0.3) is 0 Å². The van der Waals surface area contributed by atoms with E-state index in [4.69, 9.17) is 4.74 Å². The molecule has 33 heavy (non-hydrogen) atoms. The molecule has 0 bridgehead atoms. The standard InChI is InChI=1S/C26H30N2O5/c1-27-22(29)16-26(25(27)32,20-9-6-10-21(15-20)33-2)17-23(30)28-13-11-19(12-14-28)24(31)18-7-4-3-5-8-18/h3-10,15,19,24,31H,11-14,16-17H2,1-2H3. The summed E-state index contributed by atoms with van der Waals surface area (Å²) < 4.78 is 5.31. The monoisotopic (exact) mass is 450 g/mol. The highest BCUT2D eigenvalue weighted by atomic mass is 16.5. The van der Waals surface area contributed by atoms with Crippen molar-refractivity contribution in [3.05, 3.63) is 65.7 Å². The summed E-state index contributed by atoms with van der Waals surface area (Å²) in [7, 11) is 3.01. The summed E-state index contributed by atoms with van der Waals surface area (Å²) in [5.41, 5.74) is 0.280. The van der Waals surface area contributed by atoms with E-state index in [9.17, 15) is 19.5 Å². The minimum atomic E-state index is -1.22. The number of ether oxygens (including phenoxy) is 1. The van der Waals surface area contributed by atoms with Crippen molar-refractivity contribution in [1.29, 1.82) is 0 Å². The molecule has 7 heteroatoms. The summed E-state index contributed by atoms with van der Waals surface area (Å²) in [4.78, 5) is 41.9. The fourth-order valence-corrected chi connectivity index (χ4v) is 5.03. The van der Waals surface area contributed by atoms with E-state index in [1.807, 2.05) is 30.3 Å². The molecule has 2 atom stereocenters. The number of nitrogens with zero attached hydrogens (tertiary/aromatic N) is 2. The molecular weight excluding hydrogens is 420 g/mol. The van der Waals surface area contributed by atoms with E-state index < -0.39 is 11.5 Å². The van der Waals surface area contributed by atoms with Gasteiger partial charge in [0.1, 0.15) is 5.75 Å². The van der Waals surface area contributed by atoms with Crippen molar-refractivity contribution < 1.29 is 24.2 Å². The van der Waals surface area contributed by atoms with E-state index in [1.165, 1.54) is 7.05 Å². The maximum Gasteiger partial charge on any atom is 0.240 e. The molecule has 0 saturated carbocycles. The van der Waals surface area contributed by atoms with E-state index in [0.29, 0.717) is 37.2 Å². The topological polar surface area (TPSA) is 87.2 Å². The van der Waals surface area contributed by atoms with E-state index in [1.54, 1.807) is 36.3 Å². The van der Waals surface area contributed by atoms with Crippen LogP contribution < -0.4 is 4.74 Å². The van der Waals surface area contributed by atoms with Gasteiger partial charge in [-0.25, -0.2) is 0 Å². The molecule has 0 aromatic heterocycles.